The van der Waals surface area contributed by atoms with Crippen LogP contribution in [0.5, 0.6) is 5.75 Å². The van der Waals surface area contributed by atoms with Crippen molar-refractivity contribution in [2.45, 2.75) is 18.4 Å². The third-order valence-electron chi connectivity index (χ3n) is 3.45. The van der Waals surface area contributed by atoms with E-state index in [9.17, 15) is 0 Å². The average molecular weight is 322 g/mol. The molecule has 0 saturated carbocycles. The molecule has 0 unspecified atom stereocenters. The van der Waals surface area contributed by atoms with Crippen LogP contribution in [-0.4, -0.2) is 23.4 Å². The third-order valence-corrected chi connectivity index (χ3v) is 4.10. The summed E-state index contributed by atoms with van der Waals surface area (Å²) in [6.45, 7) is 2.76. The Labute approximate surface area is 120 Å². The lowest BCUT2D eigenvalue weighted by atomic mass is 10.0. The van der Waals surface area contributed by atoms with Crippen LogP contribution in [0.15, 0.2) is 24.4 Å². The van der Waals surface area contributed by atoms with Crippen molar-refractivity contribution < 1.29 is 4.74 Å². The van der Waals surface area contributed by atoms with E-state index >= 15 is 0 Å². The Hall–Kier alpha value is -1.33. The molecular weight excluding hydrogens is 306 g/mol. The van der Waals surface area contributed by atoms with Crippen molar-refractivity contribution in [2.24, 2.45) is 0 Å². The first kappa shape index (κ1) is 12.7. The molecule has 2 heterocycles. The fourth-order valence-corrected chi connectivity index (χ4v) is 2.80. The molecule has 0 spiro atoms. The molecule has 1 aliphatic rings. The van der Waals surface area contributed by atoms with Crippen molar-refractivity contribution in [1.29, 1.82) is 0 Å². The standard InChI is InChI=1S/C14H16BrN3O/c1-19-14-3-2-10(7-15)6-11(14)12-8-17-18-5-4-16-9-13(12)18/h2-3,6,8,16H,4-5,7,9H2,1H3. The van der Waals surface area contributed by atoms with Crippen LogP contribution in [0, 0.1) is 0 Å². The summed E-state index contributed by atoms with van der Waals surface area (Å²) in [4.78, 5) is 0. The summed E-state index contributed by atoms with van der Waals surface area (Å²) in [5.74, 6) is 0.895. The van der Waals surface area contributed by atoms with E-state index in [0.717, 1.165) is 41.8 Å². The zero-order valence-corrected chi connectivity index (χ0v) is 12.4. The van der Waals surface area contributed by atoms with Gasteiger partial charge in [-0.15, -0.1) is 0 Å². The van der Waals surface area contributed by atoms with Crippen LogP contribution in [0.25, 0.3) is 11.1 Å². The molecule has 0 saturated heterocycles. The number of hydrogen-bond acceptors (Lipinski definition) is 3. The summed E-state index contributed by atoms with van der Waals surface area (Å²) in [5, 5.41) is 8.70. The molecule has 100 valence electrons. The van der Waals surface area contributed by atoms with Gasteiger partial charge in [0, 0.05) is 29.5 Å². The molecule has 3 rings (SSSR count). The number of aromatic nitrogens is 2. The summed E-state index contributed by atoms with van der Waals surface area (Å²) in [7, 11) is 1.71. The second-order valence-corrected chi connectivity index (χ2v) is 5.13. The van der Waals surface area contributed by atoms with Crippen LogP contribution in [0.1, 0.15) is 11.3 Å². The molecule has 2 aromatic rings. The van der Waals surface area contributed by atoms with E-state index in [-0.39, 0.29) is 0 Å². The Kier molecular flexibility index (Phi) is 3.57. The number of methoxy groups -OCH3 is 1. The number of nitrogens with one attached hydrogen (secondary N) is 1. The Bertz CT molecular complexity index is 594. The summed E-state index contributed by atoms with van der Waals surface area (Å²) >= 11 is 3.50. The van der Waals surface area contributed by atoms with Crippen LogP contribution < -0.4 is 10.1 Å². The van der Waals surface area contributed by atoms with Gasteiger partial charge in [0.2, 0.25) is 0 Å². The van der Waals surface area contributed by atoms with Gasteiger partial charge in [0.25, 0.3) is 0 Å². The molecule has 0 amide bonds. The number of ether oxygens (including phenoxy) is 1. The zero-order valence-electron chi connectivity index (χ0n) is 10.8. The smallest absolute Gasteiger partial charge is 0.126 e. The first-order valence-electron chi connectivity index (χ1n) is 6.32. The van der Waals surface area contributed by atoms with E-state index in [0.29, 0.717) is 0 Å². The fraction of sp³-hybridized carbons (Fsp3) is 0.357. The van der Waals surface area contributed by atoms with Gasteiger partial charge in [-0.2, -0.15) is 5.10 Å². The highest BCUT2D eigenvalue weighted by Crippen LogP contribution is 2.34. The van der Waals surface area contributed by atoms with Gasteiger partial charge in [-0.05, 0) is 17.7 Å². The minimum Gasteiger partial charge on any atom is -0.496 e. The molecular formula is C14H16BrN3O. The van der Waals surface area contributed by atoms with E-state index < -0.39 is 0 Å². The van der Waals surface area contributed by atoms with Crippen LogP contribution in [-0.2, 0) is 18.4 Å². The van der Waals surface area contributed by atoms with Gasteiger partial charge in [-0.1, -0.05) is 22.0 Å². The normalized spacial score (nSPS) is 14.2. The van der Waals surface area contributed by atoms with Crippen molar-refractivity contribution in [2.75, 3.05) is 13.7 Å². The molecule has 1 aromatic carbocycles. The lowest BCUT2D eigenvalue weighted by Crippen LogP contribution is -2.28. The number of hydrogen-bond donors (Lipinski definition) is 1. The first-order valence-corrected chi connectivity index (χ1v) is 7.44. The van der Waals surface area contributed by atoms with Crippen LogP contribution in [0.3, 0.4) is 0 Å². The topological polar surface area (TPSA) is 39.1 Å². The number of benzene rings is 1. The van der Waals surface area contributed by atoms with Crippen molar-refractivity contribution >= 4 is 15.9 Å². The number of alkyl halides is 1. The minimum atomic E-state index is 0.839. The van der Waals surface area contributed by atoms with E-state index in [1.807, 2.05) is 12.3 Å². The molecule has 5 heteroatoms. The monoisotopic (exact) mass is 321 g/mol. The molecule has 1 aliphatic heterocycles. The minimum absolute atomic E-state index is 0.839. The molecule has 4 nitrogen and oxygen atoms in total. The van der Waals surface area contributed by atoms with E-state index in [1.165, 1.54) is 11.3 Å². The van der Waals surface area contributed by atoms with E-state index in [4.69, 9.17) is 4.74 Å². The number of rotatable bonds is 3. The second-order valence-electron chi connectivity index (χ2n) is 4.57. The maximum atomic E-state index is 5.49. The zero-order chi connectivity index (χ0) is 13.2. The lowest BCUT2D eigenvalue weighted by Gasteiger charge is -2.17. The number of fused-ring (bicyclic) bond motifs is 1. The van der Waals surface area contributed by atoms with E-state index in [1.54, 1.807) is 7.11 Å². The summed E-state index contributed by atoms with van der Waals surface area (Å²) in [6.07, 6.45) is 1.94. The van der Waals surface area contributed by atoms with Crippen molar-refractivity contribution in [3.05, 3.63) is 35.7 Å². The van der Waals surface area contributed by atoms with Crippen LogP contribution in [0.4, 0.5) is 0 Å². The summed E-state index contributed by atoms with van der Waals surface area (Å²) in [5.41, 5.74) is 4.74. The van der Waals surface area contributed by atoms with Crippen molar-refractivity contribution in [1.82, 2.24) is 15.1 Å². The van der Waals surface area contributed by atoms with Gasteiger partial charge in [0.05, 0.1) is 25.5 Å². The van der Waals surface area contributed by atoms with Crippen molar-refractivity contribution in [3.8, 4) is 16.9 Å². The average Bonchev–Trinajstić information content (AvgIpc) is 2.90. The van der Waals surface area contributed by atoms with Crippen LogP contribution in [0.2, 0.25) is 0 Å². The molecule has 0 aliphatic carbocycles. The van der Waals surface area contributed by atoms with Gasteiger partial charge < -0.3 is 10.1 Å². The molecule has 0 atom stereocenters. The summed E-state index contributed by atoms with van der Waals surface area (Å²) < 4.78 is 7.56. The molecule has 0 fully saturated rings. The quantitative estimate of drug-likeness (QED) is 0.883. The van der Waals surface area contributed by atoms with E-state index in [2.05, 4.69) is 43.2 Å². The molecule has 19 heavy (non-hydrogen) atoms. The van der Waals surface area contributed by atoms with Gasteiger partial charge in [-0.3, -0.25) is 4.68 Å². The van der Waals surface area contributed by atoms with Crippen molar-refractivity contribution in [3.63, 3.8) is 0 Å². The SMILES string of the molecule is COc1ccc(CBr)cc1-c1cnn2c1CNCC2. The van der Waals surface area contributed by atoms with Gasteiger partial charge >= 0.3 is 0 Å². The lowest BCUT2D eigenvalue weighted by molar-refractivity contribution is 0.416. The predicted molar refractivity (Wildman–Crippen MR) is 78.6 cm³/mol. The Morgan fingerprint density at radius 2 is 2.32 bits per heavy atom. The highest BCUT2D eigenvalue weighted by Gasteiger charge is 2.18. The predicted octanol–water partition coefficient (Wildman–Crippen LogP) is 2.56. The highest BCUT2D eigenvalue weighted by atomic mass is 79.9. The Morgan fingerprint density at radius 1 is 1.42 bits per heavy atom. The van der Waals surface area contributed by atoms with Gasteiger partial charge in [0.1, 0.15) is 5.75 Å². The second kappa shape index (κ2) is 5.35. The third kappa shape index (κ3) is 2.28. The fourth-order valence-electron chi connectivity index (χ4n) is 2.46. The molecule has 0 radical (unpaired) electrons. The Morgan fingerprint density at radius 3 is 3.11 bits per heavy atom. The largest absolute Gasteiger partial charge is 0.496 e. The molecule has 0 bridgehead atoms. The van der Waals surface area contributed by atoms with Gasteiger partial charge in [0.15, 0.2) is 0 Å². The molecule has 1 aromatic heterocycles. The number of nitrogens with zero attached hydrogens (tertiary/aromatic N) is 2. The highest BCUT2D eigenvalue weighted by molar-refractivity contribution is 9.08. The number of halogens is 1. The van der Waals surface area contributed by atoms with Gasteiger partial charge in [-0.25, -0.2) is 0 Å². The Balaban J connectivity index is 2.12. The molecule has 1 N–H and O–H groups in total. The summed E-state index contributed by atoms with van der Waals surface area (Å²) in [6, 6.07) is 6.26. The maximum Gasteiger partial charge on any atom is 0.126 e. The maximum absolute atomic E-state index is 5.49. The first-order chi connectivity index (χ1) is 9.33. The van der Waals surface area contributed by atoms with Crippen LogP contribution >= 0.6 is 15.9 Å².